The van der Waals surface area contributed by atoms with Crippen LogP contribution in [0.3, 0.4) is 0 Å². The number of rotatable bonds is 8. The van der Waals surface area contributed by atoms with Gasteiger partial charge in [-0.2, -0.15) is 5.10 Å². The van der Waals surface area contributed by atoms with Gasteiger partial charge in [-0.05, 0) is 48.9 Å². The zero-order chi connectivity index (χ0) is 23.1. The van der Waals surface area contributed by atoms with Crippen LogP contribution in [0.4, 0.5) is 5.69 Å². The van der Waals surface area contributed by atoms with Crippen LogP contribution >= 0.6 is 11.6 Å². The number of nitrogens with one attached hydrogen (secondary N) is 1. The van der Waals surface area contributed by atoms with Gasteiger partial charge in [0.05, 0.1) is 23.9 Å². The molecule has 3 aromatic rings. The van der Waals surface area contributed by atoms with Crippen LogP contribution in [0.25, 0.3) is 0 Å². The molecule has 9 heteroatoms. The highest BCUT2D eigenvalue weighted by Gasteiger charge is 2.28. The van der Waals surface area contributed by atoms with Crippen LogP contribution in [0.15, 0.2) is 82.8 Å². The maximum absolute atomic E-state index is 13.4. The SMILES string of the molecule is COc1ccccc1/C=N/NC(=O)CN(c1cc(Cl)ccc1C)S(=O)(=O)c1ccccc1. The van der Waals surface area contributed by atoms with Crippen molar-refractivity contribution in [1.29, 1.82) is 0 Å². The van der Waals surface area contributed by atoms with Gasteiger partial charge in [-0.15, -0.1) is 0 Å². The number of amides is 1. The molecule has 0 fully saturated rings. The number of ether oxygens (including phenoxy) is 1. The van der Waals surface area contributed by atoms with Gasteiger partial charge in [0.2, 0.25) is 0 Å². The summed E-state index contributed by atoms with van der Waals surface area (Å²) in [5.74, 6) is -0.0247. The Kier molecular flexibility index (Phi) is 7.50. The molecule has 3 aromatic carbocycles. The molecule has 32 heavy (non-hydrogen) atoms. The Bertz CT molecular complexity index is 1230. The van der Waals surface area contributed by atoms with Crippen molar-refractivity contribution in [3.05, 3.63) is 88.9 Å². The Morgan fingerprint density at radius 3 is 2.50 bits per heavy atom. The normalized spacial score (nSPS) is 11.3. The highest BCUT2D eigenvalue weighted by atomic mass is 35.5. The van der Waals surface area contributed by atoms with E-state index in [-0.39, 0.29) is 4.90 Å². The van der Waals surface area contributed by atoms with Crippen molar-refractivity contribution < 1.29 is 17.9 Å². The second kappa shape index (κ2) is 10.3. The number of hydrogen-bond donors (Lipinski definition) is 1. The first kappa shape index (κ1) is 23.3. The van der Waals surface area contributed by atoms with Crippen LogP contribution in [-0.4, -0.2) is 34.2 Å². The Balaban J connectivity index is 1.88. The maximum Gasteiger partial charge on any atom is 0.264 e. The minimum absolute atomic E-state index is 0.0599. The fraction of sp³-hybridized carbons (Fsp3) is 0.130. The standard InChI is InChI=1S/C23H22ClN3O4S/c1-17-12-13-19(24)14-21(17)27(32(29,30)20-9-4-3-5-10-20)16-23(28)26-25-15-18-8-6-7-11-22(18)31-2/h3-15H,16H2,1-2H3,(H,26,28)/b25-15+. The van der Waals surface area contributed by atoms with Crippen molar-refractivity contribution in [3.63, 3.8) is 0 Å². The minimum atomic E-state index is -4.03. The van der Waals surface area contributed by atoms with E-state index in [9.17, 15) is 13.2 Å². The van der Waals surface area contributed by atoms with Crippen LogP contribution in [0, 0.1) is 6.92 Å². The van der Waals surface area contributed by atoms with Crippen molar-refractivity contribution in [3.8, 4) is 5.75 Å². The number of anilines is 1. The average Bonchev–Trinajstić information content (AvgIpc) is 2.80. The Hall–Kier alpha value is -3.36. The first-order chi connectivity index (χ1) is 15.3. The molecule has 1 N–H and O–H groups in total. The van der Waals surface area contributed by atoms with E-state index >= 15 is 0 Å². The molecular formula is C23H22ClN3O4S. The van der Waals surface area contributed by atoms with Crippen LogP contribution in [0.1, 0.15) is 11.1 Å². The number of aryl methyl sites for hydroxylation is 1. The predicted molar refractivity (Wildman–Crippen MR) is 126 cm³/mol. The number of hydrogen-bond acceptors (Lipinski definition) is 5. The molecule has 166 valence electrons. The minimum Gasteiger partial charge on any atom is -0.496 e. The summed E-state index contributed by atoms with van der Waals surface area (Å²) in [6.45, 7) is 1.26. The molecule has 3 rings (SSSR count). The molecule has 0 spiro atoms. The van der Waals surface area contributed by atoms with Gasteiger partial charge in [-0.25, -0.2) is 13.8 Å². The molecule has 0 saturated heterocycles. The largest absolute Gasteiger partial charge is 0.496 e. The van der Waals surface area contributed by atoms with Crippen LogP contribution in [0.5, 0.6) is 5.75 Å². The van der Waals surface area contributed by atoms with Crippen molar-refractivity contribution in [2.75, 3.05) is 18.0 Å². The third-order valence-corrected chi connectivity index (χ3v) is 6.60. The van der Waals surface area contributed by atoms with E-state index in [0.717, 1.165) is 4.31 Å². The number of sulfonamides is 1. The molecule has 0 aliphatic heterocycles. The maximum atomic E-state index is 13.4. The lowest BCUT2D eigenvalue weighted by molar-refractivity contribution is -0.119. The molecular weight excluding hydrogens is 450 g/mol. The lowest BCUT2D eigenvalue weighted by atomic mass is 10.2. The number of carbonyl (C=O) groups excluding carboxylic acids is 1. The van der Waals surface area contributed by atoms with Gasteiger partial charge in [0, 0.05) is 10.6 Å². The molecule has 0 bridgehead atoms. The van der Waals surface area contributed by atoms with Crippen molar-refractivity contribution in [2.24, 2.45) is 5.10 Å². The van der Waals surface area contributed by atoms with E-state index in [1.807, 2.05) is 12.1 Å². The number of para-hydroxylation sites is 1. The van der Waals surface area contributed by atoms with Gasteiger partial charge in [0.25, 0.3) is 15.9 Å². The first-order valence-corrected chi connectivity index (χ1v) is 11.4. The lowest BCUT2D eigenvalue weighted by Gasteiger charge is -2.25. The molecule has 0 aromatic heterocycles. The Morgan fingerprint density at radius 1 is 1.09 bits per heavy atom. The molecule has 0 aliphatic carbocycles. The zero-order valence-electron chi connectivity index (χ0n) is 17.5. The fourth-order valence-electron chi connectivity index (χ4n) is 2.98. The van der Waals surface area contributed by atoms with Crippen molar-refractivity contribution in [2.45, 2.75) is 11.8 Å². The van der Waals surface area contributed by atoms with E-state index in [4.69, 9.17) is 16.3 Å². The van der Waals surface area contributed by atoms with E-state index < -0.39 is 22.5 Å². The van der Waals surface area contributed by atoms with Gasteiger partial charge in [0.15, 0.2) is 0 Å². The molecule has 0 heterocycles. The average molecular weight is 472 g/mol. The summed E-state index contributed by atoms with van der Waals surface area (Å²) >= 11 is 6.12. The summed E-state index contributed by atoms with van der Waals surface area (Å²) in [4.78, 5) is 12.7. The summed E-state index contributed by atoms with van der Waals surface area (Å²) < 4.78 is 33.0. The Labute approximate surface area is 192 Å². The summed E-state index contributed by atoms with van der Waals surface area (Å²) in [7, 11) is -2.50. The molecule has 0 atom stereocenters. The lowest BCUT2D eigenvalue weighted by Crippen LogP contribution is -2.40. The quantitative estimate of drug-likeness (QED) is 0.397. The van der Waals surface area contributed by atoms with Gasteiger partial charge >= 0.3 is 0 Å². The van der Waals surface area contributed by atoms with Gasteiger partial charge in [-0.1, -0.05) is 48.0 Å². The summed E-state index contributed by atoms with van der Waals surface area (Å²) in [6.07, 6.45) is 1.43. The predicted octanol–water partition coefficient (Wildman–Crippen LogP) is 4.00. The number of carbonyl (C=O) groups is 1. The number of methoxy groups -OCH3 is 1. The zero-order valence-corrected chi connectivity index (χ0v) is 19.1. The van der Waals surface area contributed by atoms with E-state index in [1.54, 1.807) is 49.4 Å². The van der Waals surface area contributed by atoms with Crippen LogP contribution < -0.4 is 14.5 Å². The second-order valence-electron chi connectivity index (χ2n) is 6.79. The van der Waals surface area contributed by atoms with Crippen LogP contribution in [0.2, 0.25) is 5.02 Å². The molecule has 7 nitrogen and oxygen atoms in total. The van der Waals surface area contributed by atoms with Crippen LogP contribution in [-0.2, 0) is 14.8 Å². The smallest absolute Gasteiger partial charge is 0.264 e. The Morgan fingerprint density at radius 2 is 1.78 bits per heavy atom. The van der Waals surface area contributed by atoms with Gasteiger partial charge < -0.3 is 4.74 Å². The first-order valence-electron chi connectivity index (χ1n) is 9.62. The van der Waals surface area contributed by atoms with Crippen molar-refractivity contribution in [1.82, 2.24) is 5.43 Å². The molecule has 0 unspecified atom stereocenters. The molecule has 1 amide bonds. The molecule has 0 radical (unpaired) electrons. The monoisotopic (exact) mass is 471 g/mol. The fourth-order valence-corrected chi connectivity index (χ4v) is 4.65. The summed E-state index contributed by atoms with van der Waals surface area (Å²) in [6, 6.07) is 19.9. The molecule has 0 aliphatic rings. The number of halogens is 1. The third kappa shape index (κ3) is 5.46. The number of nitrogens with zero attached hydrogens (tertiary/aromatic N) is 2. The van der Waals surface area contributed by atoms with E-state index in [0.29, 0.717) is 27.6 Å². The van der Waals surface area contributed by atoms with Gasteiger partial charge in [0.1, 0.15) is 12.3 Å². The summed E-state index contributed by atoms with van der Waals surface area (Å²) in [5.41, 5.74) is 4.00. The van der Waals surface area contributed by atoms with E-state index in [2.05, 4.69) is 10.5 Å². The topological polar surface area (TPSA) is 88.1 Å². The van der Waals surface area contributed by atoms with Gasteiger partial charge in [-0.3, -0.25) is 9.10 Å². The highest BCUT2D eigenvalue weighted by Crippen LogP contribution is 2.29. The highest BCUT2D eigenvalue weighted by molar-refractivity contribution is 7.92. The molecule has 0 saturated carbocycles. The third-order valence-electron chi connectivity index (χ3n) is 4.59. The summed E-state index contributed by atoms with van der Waals surface area (Å²) in [5, 5.41) is 4.29. The second-order valence-corrected chi connectivity index (χ2v) is 9.09. The number of hydrazone groups is 1. The van der Waals surface area contributed by atoms with Crippen molar-refractivity contribution >= 4 is 39.4 Å². The van der Waals surface area contributed by atoms with E-state index in [1.165, 1.54) is 31.5 Å². The number of benzene rings is 3.